The van der Waals surface area contributed by atoms with Crippen molar-refractivity contribution in [2.75, 3.05) is 13.2 Å². The summed E-state index contributed by atoms with van der Waals surface area (Å²) in [4.78, 5) is 38.1. The molecule has 1 aromatic carbocycles. The molecule has 3 rings (SSSR count). The maximum Gasteiger partial charge on any atom is 0.459 e. The van der Waals surface area contributed by atoms with E-state index in [9.17, 15) is 29.2 Å². The lowest BCUT2D eigenvalue weighted by atomic mass is 9.98. The molecule has 0 saturated heterocycles. The van der Waals surface area contributed by atoms with Crippen molar-refractivity contribution in [2.24, 2.45) is 0 Å². The fourth-order valence-electron chi connectivity index (χ4n) is 3.94. The van der Waals surface area contributed by atoms with Gasteiger partial charge < -0.3 is 24.2 Å². The van der Waals surface area contributed by atoms with Gasteiger partial charge >= 0.3 is 19.4 Å². The van der Waals surface area contributed by atoms with Crippen molar-refractivity contribution in [2.45, 2.75) is 76.3 Å². The van der Waals surface area contributed by atoms with Crippen LogP contribution in [0, 0.1) is 0 Å². The van der Waals surface area contributed by atoms with Crippen molar-refractivity contribution >= 4 is 13.7 Å². The van der Waals surface area contributed by atoms with E-state index in [1.54, 1.807) is 18.2 Å². The van der Waals surface area contributed by atoms with E-state index in [1.807, 2.05) is 4.98 Å². The molecule has 1 heterocycles. The van der Waals surface area contributed by atoms with Crippen LogP contribution in [0.1, 0.15) is 52.2 Å². The number of nitrogens with one attached hydrogen (secondary N) is 2. The number of hydrogen-bond acceptors (Lipinski definition) is 10. The maximum atomic E-state index is 15.9. The number of esters is 1. The molecule has 1 aliphatic carbocycles. The molecule has 0 aliphatic heterocycles. The van der Waals surface area contributed by atoms with E-state index in [4.69, 9.17) is 18.5 Å². The normalized spacial score (nSPS) is 19.5. The van der Waals surface area contributed by atoms with Crippen LogP contribution < -0.4 is 20.9 Å². The highest BCUT2D eigenvalue weighted by molar-refractivity contribution is 7.52. The van der Waals surface area contributed by atoms with Crippen LogP contribution in [-0.4, -0.2) is 63.1 Å². The molecular weight excluding hydrogens is 552 g/mol. The molecule has 0 amide bonds. The third-order valence-electron chi connectivity index (χ3n) is 6.21. The van der Waals surface area contributed by atoms with Crippen LogP contribution in [0.2, 0.25) is 0 Å². The van der Waals surface area contributed by atoms with Gasteiger partial charge in [-0.25, -0.2) is 13.8 Å². The highest BCUT2D eigenvalue weighted by Gasteiger charge is 2.44. The number of rotatable bonds is 14. The summed E-state index contributed by atoms with van der Waals surface area (Å²) in [6.45, 7) is 0.230. The summed E-state index contributed by atoms with van der Waals surface area (Å²) in [5.74, 6) is -3.78. The van der Waals surface area contributed by atoms with E-state index in [2.05, 4.69) is 5.09 Å². The molecular formula is C25H35FN3O10P. The predicted molar refractivity (Wildman–Crippen MR) is 140 cm³/mol. The van der Waals surface area contributed by atoms with Gasteiger partial charge in [-0.1, -0.05) is 24.6 Å². The Morgan fingerprint density at radius 2 is 1.88 bits per heavy atom. The fraction of sp³-hybridized carbons (Fsp3) is 0.560. The summed E-state index contributed by atoms with van der Waals surface area (Å²) >= 11 is 0. The Kier molecular flexibility index (Phi) is 11.2. The Morgan fingerprint density at radius 3 is 2.48 bits per heavy atom. The summed E-state index contributed by atoms with van der Waals surface area (Å²) in [6.07, 6.45) is 1.40. The average molecular weight is 588 g/mol. The Hall–Kier alpha value is -2.87. The fourth-order valence-corrected chi connectivity index (χ4v) is 5.44. The number of para-hydroxylation sites is 1. The van der Waals surface area contributed by atoms with Gasteiger partial charge in [0.1, 0.15) is 30.6 Å². The number of carbonyl (C=O) groups is 1. The zero-order chi connectivity index (χ0) is 29.3. The van der Waals surface area contributed by atoms with Crippen LogP contribution in [0.4, 0.5) is 4.39 Å². The second-order valence-electron chi connectivity index (χ2n) is 9.46. The van der Waals surface area contributed by atoms with Gasteiger partial charge in [-0.3, -0.25) is 23.7 Å². The van der Waals surface area contributed by atoms with Crippen molar-refractivity contribution in [3.63, 3.8) is 0 Å². The molecule has 0 spiro atoms. The van der Waals surface area contributed by atoms with Gasteiger partial charge in [-0.05, 0) is 51.7 Å². The molecule has 5 atom stereocenters. The monoisotopic (exact) mass is 587 g/mol. The van der Waals surface area contributed by atoms with Gasteiger partial charge in [-0.15, -0.1) is 0 Å². The summed E-state index contributed by atoms with van der Waals surface area (Å²) in [5, 5.41) is 22.4. The first kappa shape index (κ1) is 31.7. The van der Waals surface area contributed by atoms with Crippen LogP contribution in [0.3, 0.4) is 0 Å². The van der Waals surface area contributed by atoms with Crippen LogP contribution in [-0.2, 0) is 23.4 Å². The number of benzene rings is 1. The minimum atomic E-state index is -4.54. The second-order valence-corrected chi connectivity index (χ2v) is 11.2. The topological polar surface area (TPSA) is 178 Å². The molecule has 0 bridgehead atoms. The molecule has 1 saturated carbocycles. The van der Waals surface area contributed by atoms with Crippen molar-refractivity contribution in [3.8, 4) is 5.75 Å². The highest BCUT2D eigenvalue weighted by atomic mass is 31.2. The Morgan fingerprint density at radius 1 is 1.20 bits per heavy atom. The Bertz CT molecular complexity index is 1270. The summed E-state index contributed by atoms with van der Waals surface area (Å²) < 4.78 is 51.9. The number of ether oxygens (including phenoxy) is 2. The van der Waals surface area contributed by atoms with Gasteiger partial charge in [0.2, 0.25) is 0 Å². The smallest absolute Gasteiger partial charge is 0.459 e. The minimum Gasteiger partial charge on any atom is -0.461 e. The van der Waals surface area contributed by atoms with Crippen molar-refractivity contribution < 1.29 is 42.5 Å². The number of aromatic amines is 1. The molecule has 15 heteroatoms. The number of carbonyl (C=O) groups excluding carboxylic acids is 1. The molecule has 1 fully saturated rings. The van der Waals surface area contributed by atoms with E-state index in [-0.39, 0.29) is 11.9 Å². The Labute approximate surface area is 229 Å². The van der Waals surface area contributed by atoms with E-state index in [1.165, 1.54) is 19.1 Å². The van der Waals surface area contributed by atoms with Gasteiger partial charge in [0, 0.05) is 12.3 Å². The highest BCUT2D eigenvalue weighted by Crippen LogP contribution is 2.46. The van der Waals surface area contributed by atoms with Crippen molar-refractivity contribution in [1.29, 1.82) is 0 Å². The van der Waals surface area contributed by atoms with Gasteiger partial charge in [0.15, 0.2) is 6.23 Å². The van der Waals surface area contributed by atoms with E-state index >= 15 is 4.39 Å². The zero-order valence-electron chi connectivity index (χ0n) is 22.2. The number of H-pyrrole nitrogens is 1. The quantitative estimate of drug-likeness (QED) is 0.188. The maximum absolute atomic E-state index is 15.9. The first-order valence-electron chi connectivity index (χ1n) is 12.9. The molecule has 222 valence electrons. The number of halogens is 1. The number of hydrogen-bond donors (Lipinski definition) is 4. The third kappa shape index (κ3) is 8.82. The summed E-state index contributed by atoms with van der Waals surface area (Å²) in [5.41, 5.74) is -1.74. The molecule has 1 aliphatic rings. The van der Waals surface area contributed by atoms with E-state index in [0.717, 1.165) is 38.4 Å². The van der Waals surface area contributed by atoms with Crippen LogP contribution >= 0.6 is 7.75 Å². The predicted octanol–water partition coefficient (Wildman–Crippen LogP) is 2.15. The molecule has 4 N–H and O–H groups in total. The first-order chi connectivity index (χ1) is 18.9. The molecule has 0 radical (unpaired) electrons. The van der Waals surface area contributed by atoms with Crippen molar-refractivity contribution in [3.05, 3.63) is 63.4 Å². The lowest BCUT2D eigenvalue weighted by Gasteiger charge is -2.33. The van der Waals surface area contributed by atoms with Crippen molar-refractivity contribution in [1.82, 2.24) is 14.6 Å². The number of alkyl halides is 1. The lowest BCUT2D eigenvalue weighted by Crippen LogP contribution is -2.48. The SMILES string of the molecule is CC(N[P@](=O)(OC[C@@](F)(OC(CO)n1ccc(=O)[nH]c1=O)[C@H](C)O)Oc1ccccc1)C(=O)OC1CCCCC1. The van der Waals surface area contributed by atoms with Crippen LogP contribution in [0.5, 0.6) is 5.75 Å². The minimum absolute atomic E-state index is 0.0710. The summed E-state index contributed by atoms with van der Waals surface area (Å²) in [7, 11) is -4.54. The molecule has 2 aromatic rings. The third-order valence-corrected chi connectivity index (χ3v) is 7.84. The number of aromatic nitrogens is 2. The number of aliphatic hydroxyl groups is 2. The average Bonchev–Trinajstić information content (AvgIpc) is 2.92. The molecule has 40 heavy (non-hydrogen) atoms. The lowest BCUT2D eigenvalue weighted by molar-refractivity contribution is -0.264. The molecule has 2 unspecified atom stereocenters. The van der Waals surface area contributed by atoms with E-state index < -0.39 is 62.4 Å². The van der Waals surface area contributed by atoms with Gasteiger partial charge in [0.05, 0.1) is 6.61 Å². The first-order valence-corrected chi connectivity index (χ1v) is 14.4. The van der Waals surface area contributed by atoms with Gasteiger partial charge in [0.25, 0.3) is 11.4 Å². The molecule has 1 aromatic heterocycles. The summed E-state index contributed by atoms with van der Waals surface area (Å²) in [6, 6.07) is 7.54. The molecule has 13 nitrogen and oxygen atoms in total. The number of nitrogens with zero attached hydrogens (tertiary/aromatic N) is 1. The van der Waals surface area contributed by atoms with Crippen LogP contribution in [0.15, 0.2) is 52.2 Å². The largest absolute Gasteiger partial charge is 0.461 e. The van der Waals surface area contributed by atoms with Gasteiger partial charge in [-0.2, -0.15) is 5.09 Å². The number of aliphatic hydroxyl groups excluding tert-OH is 2. The van der Waals surface area contributed by atoms with Crippen LogP contribution in [0.25, 0.3) is 0 Å². The second kappa shape index (κ2) is 14.2. The standard InChI is InChI=1S/C25H35FN3O10P/c1-17(23(33)37-19-9-5-3-6-10-19)28-40(35,39-20-11-7-4-8-12-20)36-16-25(26,18(2)31)38-22(15-30)29-14-13-21(32)27-24(29)34/h4,7-8,11-14,17-19,22,30-31H,3,5-6,9-10,15-16H2,1-2H3,(H,28,35)(H,27,32,34)/t17?,18-,22?,25+,40-/m0/s1. The van der Waals surface area contributed by atoms with E-state index in [0.29, 0.717) is 17.4 Å². The zero-order valence-corrected chi connectivity index (χ0v) is 23.1. The Balaban J connectivity index is 1.79.